The molecule has 0 saturated carbocycles. The third-order valence-corrected chi connectivity index (χ3v) is 6.54. The second-order valence-corrected chi connectivity index (χ2v) is 9.33. The van der Waals surface area contributed by atoms with Crippen molar-refractivity contribution in [2.24, 2.45) is 0 Å². The molecule has 0 amide bonds. The summed E-state index contributed by atoms with van der Waals surface area (Å²) in [5.74, 6) is -1.43. The smallest absolute Gasteiger partial charge is 0.335 e. The van der Waals surface area contributed by atoms with Crippen LogP contribution in [0.2, 0.25) is 0 Å². The maximum Gasteiger partial charge on any atom is 0.335 e. The molecule has 3 nitrogen and oxygen atoms in total. The summed E-state index contributed by atoms with van der Waals surface area (Å²) in [5.41, 5.74) is 4.48. The Hall–Kier alpha value is -2.62. The average Bonchev–Trinajstić information content (AvgIpc) is 2.74. The third kappa shape index (κ3) is 5.36. The number of aromatic carboxylic acids is 1. The van der Waals surface area contributed by atoms with Crippen molar-refractivity contribution in [3.63, 3.8) is 0 Å². The van der Waals surface area contributed by atoms with E-state index in [4.69, 9.17) is 5.11 Å². The van der Waals surface area contributed by atoms with E-state index in [9.17, 15) is 9.18 Å². The van der Waals surface area contributed by atoms with E-state index in [0.29, 0.717) is 5.56 Å². The maximum atomic E-state index is 14.4. The minimum Gasteiger partial charge on any atom is -0.478 e. The number of nitrogens with zero attached hydrogens (tertiary/aromatic N) is 1. The quantitative estimate of drug-likeness (QED) is 0.464. The lowest BCUT2D eigenvalue weighted by Gasteiger charge is -2.39. The van der Waals surface area contributed by atoms with E-state index in [-0.39, 0.29) is 16.9 Å². The second kappa shape index (κ2) is 9.67. The topological polar surface area (TPSA) is 40.5 Å². The lowest BCUT2D eigenvalue weighted by Crippen LogP contribution is -2.34. The van der Waals surface area contributed by atoms with Gasteiger partial charge in [-0.15, -0.1) is 0 Å². The number of halogens is 1. The summed E-state index contributed by atoms with van der Waals surface area (Å²) in [6.07, 6.45) is 9.46. The van der Waals surface area contributed by atoms with Crippen LogP contribution in [0.1, 0.15) is 85.8 Å². The minimum absolute atomic E-state index is 0.0329. The van der Waals surface area contributed by atoms with Crippen molar-refractivity contribution in [2.45, 2.75) is 64.2 Å². The van der Waals surface area contributed by atoms with Crippen LogP contribution in [0.4, 0.5) is 10.1 Å². The number of rotatable bonds is 8. The molecule has 0 aromatic heterocycles. The van der Waals surface area contributed by atoms with E-state index >= 15 is 0 Å². The fraction of sp³-hybridized carbons (Fsp3) is 0.444. The molecule has 31 heavy (non-hydrogen) atoms. The number of fused-ring (bicyclic) bond motifs is 1. The van der Waals surface area contributed by atoms with Crippen LogP contribution in [0.5, 0.6) is 0 Å². The lowest BCUT2D eigenvalue weighted by atomic mass is 9.76. The van der Waals surface area contributed by atoms with Gasteiger partial charge in [0.25, 0.3) is 0 Å². The Morgan fingerprint density at radius 2 is 2.00 bits per heavy atom. The number of unbranched alkanes of at least 4 members (excludes halogenated alkanes) is 2. The highest BCUT2D eigenvalue weighted by atomic mass is 19.1. The molecule has 166 valence electrons. The van der Waals surface area contributed by atoms with Crippen molar-refractivity contribution in [2.75, 3.05) is 18.5 Å². The molecule has 1 unspecified atom stereocenters. The van der Waals surface area contributed by atoms with Gasteiger partial charge in [-0.25, -0.2) is 9.18 Å². The molecule has 1 atom stereocenters. The van der Waals surface area contributed by atoms with Crippen LogP contribution in [-0.2, 0) is 5.41 Å². The van der Waals surface area contributed by atoms with Crippen LogP contribution in [-0.4, -0.2) is 24.7 Å². The Morgan fingerprint density at radius 1 is 1.23 bits per heavy atom. The van der Waals surface area contributed by atoms with Gasteiger partial charge in [-0.3, -0.25) is 0 Å². The zero-order chi connectivity index (χ0) is 22.6. The first-order chi connectivity index (χ1) is 14.7. The molecule has 0 radical (unpaired) electrons. The van der Waals surface area contributed by atoms with E-state index in [1.54, 1.807) is 12.1 Å². The molecular formula is C27H34FNO2. The zero-order valence-corrected chi connectivity index (χ0v) is 19.1. The van der Waals surface area contributed by atoms with Crippen molar-refractivity contribution in [1.29, 1.82) is 0 Å². The predicted molar refractivity (Wildman–Crippen MR) is 127 cm³/mol. The van der Waals surface area contributed by atoms with Crippen molar-refractivity contribution in [1.82, 2.24) is 0 Å². The summed E-state index contributed by atoms with van der Waals surface area (Å²) in [5, 5.41) is 9.05. The van der Waals surface area contributed by atoms with E-state index in [1.165, 1.54) is 29.3 Å². The Kier molecular flexibility index (Phi) is 7.19. The SMILES string of the molecule is CCCCCC(C=Cc1ccc(C(=O)O)cc1F)c1ccc2c(c1)N(C)CCC2(C)C. The number of carbonyl (C=O) groups is 1. The van der Waals surface area contributed by atoms with E-state index in [0.717, 1.165) is 38.3 Å². The second-order valence-electron chi connectivity index (χ2n) is 9.33. The van der Waals surface area contributed by atoms with Gasteiger partial charge < -0.3 is 10.0 Å². The van der Waals surface area contributed by atoms with E-state index in [2.05, 4.69) is 57.0 Å². The Morgan fingerprint density at radius 3 is 2.68 bits per heavy atom. The van der Waals surface area contributed by atoms with Crippen LogP contribution in [0.25, 0.3) is 6.08 Å². The maximum absolute atomic E-state index is 14.4. The summed E-state index contributed by atoms with van der Waals surface area (Å²) in [6.45, 7) is 7.85. The lowest BCUT2D eigenvalue weighted by molar-refractivity contribution is 0.0696. The molecule has 2 aromatic rings. The van der Waals surface area contributed by atoms with Crippen molar-refractivity contribution < 1.29 is 14.3 Å². The van der Waals surface area contributed by atoms with E-state index < -0.39 is 11.8 Å². The Labute approximate surface area is 185 Å². The van der Waals surface area contributed by atoms with Crippen LogP contribution in [0.3, 0.4) is 0 Å². The van der Waals surface area contributed by atoms with Crippen LogP contribution in [0.15, 0.2) is 42.5 Å². The minimum atomic E-state index is -1.12. The highest BCUT2D eigenvalue weighted by molar-refractivity contribution is 5.87. The third-order valence-electron chi connectivity index (χ3n) is 6.54. The molecule has 0 spiro atoms. The summed E-state index contributed by atoms with van der Waals surface area (Å²) >= 11 is 0. The fourth-order valence-corrected chi connectivity index (χ4v) is 4.37. The van der Waals surface area contributed by atoms with Gasteiger partial charge in [-0.05, 0) is 47.6 Å². The highest BCUT2D eigenvalue weighted by Gasteiger charge is 2.30. The van der Waals surface area contributed by atoms with Gasteiger partial charge in [0.05, 0.1) is 5.56 Å². The molecule has 4 heteroatoms. The molecule has 1 aliphatic heterocycles. The van der Waals surface area contributed by atoms with Crippen molar-refractivity contribution in [3.05, 3.63) is 70.5 Å². The van der Waals surface area contributed by atoms with Crippen molar-refractivity contribution in [3.8, 4) is 0 Å². The van der Waals surface area contributed by atoms with Gasteiger partial charge >= 0.3 is 5.97 Å². The fourth-order valence-electron chi connectivity index (χ4n) is 4.37. The van der Waals surface area contributed by atoms with Gasteiger partial charge in [-0.1, -0.05) is 70.4 Å². The van der Waals surface area contributed by atoms with Crippen LogP contribution >= 0.6 is 0 Å². The summed E-state index contributed by atoms with van der Waals surface area (Å²) in [6, 6.07) is 10.9. The standard InChI is InChI=1S/C27H34FNO2/c1-5-6-7-8-19(9-10-20-11-12-22(26(30)31)17-24(20)28)21-13-14-23-25(18-21)29(4)16-15-27(23,2)3/h9-14,17-19H,5-8,15-16H2,1-4H3,(H,30,31). The van der Waals surface area contributed by atoms with Crippen molar-refractivity contribution >= 4 is 17.7 Å². The molecule has 0 bridgehead atoms. The molecule has 1 heterocycles. The highest BCUT2D eigenvalue weighted by Crippen LogP contribution is 2.41. The molecule has 3 rings (SSSR count). The van der Waals surface area contributed by atoms with Gasteiger partial charge in [0, 0.05) is 30.8 Å². The monoisotopic (exact) mass is 423 g/mol. The normalized spacial score (nSPS) is 16.4. The number of carboxylic acid groups (broad SMARTS) is 1. The zero-order valence-electron chi connectivity index (χ0n) is 19.1. The molecule has 2 aromatic carbocycles. The molecular weight excluding hydrogens is 389 g/mol. The first-order valence-electron chi connectivity index (χ1n) is 11.3. The number of carboxylic acids is 1. The van der Waals surface area contributed by atoms with Crippen LogP contribution < -0.4 is 4.90 Å². The van der Waals surface area contributed by atoms with Gasteiger partial charge in [0.1, 0.15) is 5.82 Å². The summed E-state index contributed by atoms with van der Waals surface area (Å²) in [4.78, 5) is 13.4. The first kappa shape index (κ1) is 23.1. The first-order valence-corrected chi connectivity index (χ1v) is 11.3. The van der Waals surface area contributed by atoms with E-state index in [1.807, 2.05) is 0 Å². The van der Waals surface area contributed by atoms with Gasteiger partial charge in [-0.2, -0.15) is 0 Å². The van der Waals surface area contributed by atoms with Crippen LogP contribution in [0, 0.1) is 5.82 Å². The molecule has 0 aliphatic carbocycles. The molecule has 1 aliphatic rings. The summed E-state index contributed by atoms with van der Waals surface area (Å²) in [7, 11) is 2.15. The average molecular weight is 424 g/mol. The van der Waals surface area contributed by atoms with Gasteiger partial charge in [0.2, 0.25) is 0 Å². The molecule has 1 N–H and O–H groups in total. The predicted octanol–water partition coefficient (Wildman–Crippen LogP) is 7.02. The molecule has 0 fully saturated rings. The number of hydrogen-bond acceptors (Lipinski definition) is 2. The van der Waals surface area contributed by atoms with Gasteiger partial charge in [0.15, 0.2) is 0 Å². The Bertz CT molecular complexity index is 964. The Balaban J connectivity index is 1.92. The number of anilines is 1. The number of allylic oxidation sites excluding steroid dienone is 1. The summed E-state index contributed by atoms with van der Waals surface area (Å²) < 4.78 is 14.4. The molecule has 0 saturated heterocycles. The number of benzene rings is 2. The number of hydrogen-bond donors (Lipinski definition) is 1. The largest absolute Gasteiger partial charge is 0.478 e.